The number of aromatic nitrogens is 2. The fourth-order valence-electron chi connectivity index (χ4n) is 3.32. The van der Waals surface area contributed by atoms with Gasteiger partial charge in [-0.25, -0.2) is 14.6 Å². The van der Waals surface area contributed by atoms with Crippen molar-refractivity contribution in [2.24, 2.45) is 0 Å². The van der Waals surface area contributed by atoms with E-state index in [1.807, 2.05) is 0 Å². The molecule has 0 aromatic carbocycles. The summed E-state index contributed by atoms with van der Waals surface area (Å²) < 4.78 is 10.1. The van der Waals surface area contributed by atoms with Gasteiger partial charge in [-0.3, -0.25) is 9.78 Å². The quantitative estimate of drug-likeness (QED) is 0.592. The third-order valence-corrected chi connectivity index (χ3v) is 5.01. The average Bonchev–Trinajstić information content (AvgIpc) is 2.77. The van der Waals surface area contributed by atoms with E-state index < -0.39 is 23.6 Å². The molecule has 11 nitrogen and oxygen atoms in total. The van der Waals surface area contributed by atoms with Gasteiger partial charge >= 0.3 is 12.2 Å². The molecular formula is C20H23N5O6. The van der Waals surface area contributed by atoms with Crippen LogP contribution in [0.4, 0.5) is 15.3 Å². The number of pyridine rings is 2. The SMILES string of the molecule is C=CCOC(=O)NC1(C(=O)Nc2ccnc3ccc(OC)nc23)CCN(C(=O)O)CC1. The van der Waals surface area contributed by atoms with E-state index in [2.05, 4.69) is 27.2 Å². The van der Waals surface area contributed by atoms with E-state index in [-0.39, 0.29) is 32.5 Å². The van der Waals surface area contributed by atoms with E-state index >= 15 is 0 Å². The van der Waals surface area contributed by atoms with Crippen LogP contribution in [0.3, 0.4) is 0 Å². The van der Waals surface area contributed by atoms with Gasteiger partial charge in [0.2, 0.25) is 11.8 Å². The molecule has 1 fully saturated rings. The van der Waals surface area contributed by atoms with E-state index in [4.69, 9.17) is 9.47 Å². The van der Waals surface area contributed by atoms with Crippen molar-refractivity contribution >= 4 is 34.8 Å². The predicted octanol–water partition coefficient (Wildman–Crippen LogP) is 2.00. The van der Waals surface area contributed by atoms with Gasteiger partial charge in [-0.2, -0.15) is 0 Å². The molecule has 0 unspecified atom stereocenters. The Kier molecular flexibility index (Phi) is 6.53. The number of alkyl carbamates (subject to hydrolysis) is 1. The monoisotopic (exact) mass is 429 g/mol. The number of rotatable bonds is 6. The third-order valence-electron chi connectivity index (χ3n) is 5.01. The van der Waals surface area contributed by atoms with Crippen LogP contribution in [-0.4, -0.2) is 70.4 Å². The Morgan fingerprint density at radius 2 is 2.03 bits per heavy atom. The number of amides is 3. The highest BCUT2D eigenvalue weighted by atomic mass is 16.5. The second-order valence-electron chi connectivity index (χ2n) is 6.90. The molecule has 3 amide bonds. The van der Waals surface area contributed by atoms with E-state index in [0.29, 0.717) is 22.6 Å². The molecule has 0 aliphatic carbocycles. The maximum Gasteiger partial charge on any atom is 0.408 e. The Morgan fingerprint density at radius 1 is 1.29 bits per heavy atom. The maximum absolute atomic E-state index is 13.3. The Bertz CT molecular complexity index is 1000. The lowest BCUT2D eigenvalue weighted by Gasteiger charge is -2.39. The summed E-state index contributed by atoms with van der Waals surface area (Å²) in [6, 6.07) is 4.95. The van der Waals surface area contributed by atoms with Crippen LogP contribution in [0.25, 0.3) is 11.0 Å². The minimum atomic E-state index is -1.36. The normalized spacial score (nSPS) is 15.1. The molecule has 0 bridgehead atoms. The smallest absolute Gasteiger partial charge is 0.408 e. The summed E-state index contributed by atoms with van der Waals surface area (Å²) in [6.45, 7) is 3.61. The number of nitrogens with one attached hydrogen (secondary N) is 2. The minimum absolute atomic E-state index is 0.0243. The van der Waals surface area contributed by atoms with Crippen LogP contribution in [0.15, 0.2) is 37.1 Å². The van der Waals surface area contributed by atoms with E-state index in [1.165, 1.54) is 24.3 Å². The van der Waals surface area contributed by atoms with Crippen LogP contribution in [0.2, 0.25) is 0 Å². The lowest BCUT2D eigenvalue weighted by atomic mass is 9.86. The number of hydrogen-bond donors (Lipinski definition) is 3. The molecule has 1 saturated heterocycles. The summed E-state index contributed by atoms with van der Waals surface area (Å²) in [4.78, 5) is 46.6. The molecular weight excluding hydrogens is 406 g/mol. The molecule has 2 aromatic heterocycles. The Balaban J connectivity index is 1.88. The minimum Gasteiger partial charge on any atom is -0.481 e. The van der Waals surface area contributed by atoms with Crippen LogP contribution in [0.5, 0.6) is 5.88 Å². The van der Waals surface area contributed by atoms with Crippen LogP contribution in [0.1, 0.15) is 12.8 Å². The summed E-state index contributed by atoms with van der Waals surface area (Å²) in [7, 11) is 1.48. The number of carbonyl (C=O) groups is 3. The first-order valence-corrected chi connectivity index (χ1v) is 9.53. The van der Waals surface area contributed by atoms with Crippen molar-refractivity contribution in [2.75, 3.05) is 32.1 Å². The number of fused-ring (bicyclic) bond motifs is 1. The number of methoxy groups -OCH3 is 1. The number of anilines is 1. The number of carbonyl (C=O) groups excluding carboxylic acids is 2. The van der Waals surface area contributed by atoms with Crippen molar-refractivity contribution in [1.29, 1.82) is 0 Å². The van der Waals surface area contributed by atoms with Crippen molar-refractivity contribution in [3.8, 4) is 5.88 Å². The number of hydrogen-bond acceptors (Lipinski definition) is 7. The van der Waals surface area contributed by atoms with Crippen LogP contribution < -0.4 is 15.4 Å². The highest BCUT2D eigenvalue weighted by Gasteiger charge is 2.44. The predicted molar refractivity (Wildman–Crippen MR) is 111 cm³/mol. The molecule has 0 radical (unpaired) electrons. The molecule has 0 spiro atoms. The summed E-state index contributed by atoms with van der Waals surface area (Å²) in [6.07, 6.45) is 1.21. The molecule has 164 valence electrons. The summed E-state index contributed by atoms with van der Waals surface area (Å²) in [5.41, 5.74) is -0.0111. The fraction of sp³-hybridized carbons (Fsp3) is 0.350. The van der Waals surface area contributed by atoms with Gasteiger partial charge in [0.25, 0.3) is 0 Å². The summed E-state index contributed by atoms with van der Waals surface area (Å²) in [5.74, 6) is -0.156. The van der Waals surface area contributed by atoms with E-state index in [9.17, 15) is 19.5 Å². The van der Waals surface area contributed by atoms with Gasteiger partial charge in [0.1, 0.15) is 17.7 Å². The van der Waals surface area contributed by atoms with Crippen molar-refractivity contribution < 1.29 is 29.0 Å². The molecule has 3 rings (SSSR count). The maximum atomic E-state index is 13.3. The summed E-state index contributed by atoms with van der Waals surface area (Å²) >= 11 is 0. The molecule has 0 saturated carbocycles. The van der Waals surface area contributed by atoms with Crippen molar-refractivity contribution in [2.45, 2.75) is 18.4 Å². The van der Waals surface area contributed by atoms with Gasteiger partial charge in [-0.15, -0.1) is 0 Å². The highest BCUT2D eigenvalue weighted by Crippen LogP contribution is 2.27. The first kappa shape index (κ1) is 21.8. The molecule has 2 aromatic rings. The number of piperidine rings is 1. The topological polar surface area (TPSA) is 143 Å². The van der Waals surface area contributed by atoms with Crippen LogP contribution in [-0.2, 0) is 9.53 Å². The largest absolute Gasteiger partial charge is 0.481 e. The van der Waals surface area contributed by atoms with Crippen LogP contribution >= 0.6 is 0 Å². The van der Waals surface area contributed by atoms with Crippen molar-refractivity contribution in [1.82, 2.24) is 20.2 Å². The average molecular weight is 429 g/mol. The Labute approximate surface area is 178 Å². The standard InChI is InChI=1S/C20H23N5O6/c1-3-12-31-18(27)24-20(7-10-25(11-8-20)19(28)29)17(26)22-14-6-9-21-13-4-5-15(30-2)23-16(13)14/h3-6,9H,1,7-8,10-12H2,2H3,(H,24,27)(H,28,29)(H,21,22,26). The molecule has 1 aliphatic rings. The zero-order valence-corrected chi connectivity index (χ0v) is 17.0. The van der Waals surface area contributed by atoms with E-state index in [0.717, 1.165) is 0 Å². The first-order valence-electron chi connectivity index (χ1n) is 9.53. The van der Waals surface area contributed by atoms with Gasteiger partial charge in [0, 0.05) is 25.4 Å². The van der Waals surface area contributed by atoms with Gasteiger partial charge in [-0.1, -0.05) is 12.7 Å². The number of carboxylic acid groups (broad SMARTS) is 1. The highest BCUT2D eigenvalue weighted by molar-refractivity contribution is 6.04. The molecule has 11 heteroatoms. The first-order chi connectivity index (χ1) is 14.9. The fourth-order valence-corrected chi connectivity index (χ4v) is 3.32. The Morgan fingerprint density at radius 3 is 2.68 bits per heavy atom. The third kappa shape index (κ3) is 4.82. The van der Waals surface area contributed by atoms with Gasteiger partial charge in [0.05, 0.1) is 18.3 Å². The number of likely N-dealkylation sites (tertiary alicyclic amines) is 1. The second kappa shape index (κ2) is 9.28. The lowest BCUT2D eigenvalue weighted by Crippen LogP contribution is -2.62. The summed E-state index contributed by atoms with van der Waals surface area (Å²) in [5, 5.41) is 14.6. The zero-order valence-electron chi connectivity index (χ0n) is 17.0. The van der Waals surface area contributed by atoms with Crippen molar-refractivity contribution in [3.63, 3.8) is 0 Å². The number of ether oxygens (including phenoxy) is 2. The van der Waals surface area contributed by atoms with Gasteiger partial charge < -0.3 is 30.1 Å². The van der Waals surface area contributed by atoms with Crippen molar-refractivity contribution in [3.05, 3.63) is 37.1 Å². The zero-order chi connectivity index (χ0) is 22.4. The molecule has 3 heterocycles. The van der Waals surface area contributed by atoms with E-state index in [1.54, 1.807) is 18.2 Å². The molecule has 3 N–H and O–H groups in total. The number of nitrogens with zero attached hydrogens (tertiary/aromatic N) is 3. The second-order valence-corrected chi connectivity index (χ2v) is 6.90. The van der Waals surface area contributed by atoms with Crippen LogP contribution in [0, 0.1) is 0 Å². The lowest BCUT2D eigenvalue weighted by molar-refractivity contribution is -0.124. The molecule has 0 atom stereocenters. The molecule has 31 heavy (non-hydrogen) atoms. The Hall–Kier alpha value is -3.89. The molecule has 1 aliphatic heterocycles. The van der Waals surface area contributed by atoms with Gasteiger partial charge in [-0.05, 0) is 25.0 Å². The van der Waals surface area contributed by atoms with Gasteiger partial charge in [0.15, 0.2) is 0 Å².